The molecule has 1 atom stereocenters. The lowest BCUT2D eigenvalue weighted by molar-refractivity contribution is -0.384. The molecule has 0 saturated carbocycles. The molecule has 0 radical (unpaired) electrons. The Balaban J connectivity index is 1.97. The average Bonchev–Trinajstić information content (AvgIpc) is 2.96. The van der Waals surface area contributed by atoms with E-state index in [9.17, 15) is 15.4 Å². The van der Waals surface area contributed by atoms with Gasteiger partial charge in [0.2, 0.25) is 0 Å². The summed E-state index contributed by atoms with van der Waals surface area (Å²) in [6.07, 6.45) is 4.34. The van der Waals surface area contributed by atoms with E-state index in [4.69, 9.17) is 23.2 Å². The Hall–Kier alpha value is -1.94. The molecule has 5 nitrogen and oxygen atoms in total. The minimum atomic E-state index is -0.562. The lowest BCUT2D eigenvalue weighted by Crippen LogP contribution is -2.26. The first-order chi connectivity index (χ1) is 13.1. The van der Waals surface area contributed by atoms with Crippen LogP contribution in [0, 0.1) is 32.8 Å². The number of nitro benzene ring substituents is 1. The van der Waals surface area contributed by atoms with Gasteiger partial charge in [-0.2, -0.15) is 5.26 Å². The van der Waals surface area contributed by atoms with Crippen LogP contribution >= 0.6 is 34.5 Å². The number of aliphatic imine (C=N–C) groups is 1. The lowest BCUT2D eigenvalue weighted by atomic mass is 9.72. The van der Waals surface area contributed by atoms with Crippen molar-refractivity contribution >= 4 is 51.4 Å². The van der Waals surface area contributed by atoms with Crippen molar-refractivity contribution in [2.24, 2.45) is 16.3 Å². The molecular weight excluding hydrogens is 417 g/mol. The van der Waals surface area contributed by atoms with Crippen LogP contribution in [0.25, 0.3) is 0 Å². The Morgan fingerprint density at radius 3 is 2.68 bits per heavy atom. The SMILES string of the molecule is CC(C)(C)[C@@H]1CCc2c(sc(N=Cc3cc([N+](=O)[O-])c(Cl)cc3Cl)c2C#N)C1. The zero-order chi connectivity index (χ0) is 20.6. The standard InChI is InChI=1S/C20H19Cl2N3O2S/c1-20(2,3)12-4-5-13-14(9-23)19(28-18(13)7-12)24-10-11-6-17(25(26)27)16(22)8-15(11)21/h6,8,10,12H,4-5,7H2,1-3H3/t12-/m1/s1. The molecule has 2 aromatic rings. The van der Waals surface area contributed by atoms with Crippen LogP contribution < -0.4 is 0 Å². The van der Waals surface area contributed by atoms with E-state index in [1.54, 1.807) is 0 Å². The monoisotopic (exact) mass is 435 g/mol. The normalized spacial score (nSPS) is 16.8. The van der Waals surface area contributed by atoms with Crippen LogP contribution in [0.15, 0.2) is 17.1 Å². The van der Waals surface area contributed by atoms with Crippen LogP contribution in [0.1, 0.15) is 48.8 Å². The predicted octanol–water partition coefficient (Wildman–Crippen LogP) is 6.74. The molecule has 0 fully saturated rings. The highest BCUT2D eigenvalue weighted by molar-refractivity contribution is 7.16. The first kappa shape index (κ1) is 20.8. The van der Waals surface area contributed by atoms with Crippen molar-refractivity contribution in [3.63, 3.8) is 0 Å². The van der Waals surface area contributed by atoms with Gasteiger partial charge in [-0.05, 0) is 42.2 Å². The van der Waals surface area contributed by atoms with Crippen molar-refractivity contribution in [2.45, 2.75) is 40.0 Å². The van der Waals surface area contributed by atoms with E-state index in [1.165, 1.54) is 34.6 Å². The number of nitriles is 1. The lowest BCUT2D eigenvalue weighted by Gasteiger charge is -2.33. The van der Waals surface area contributed by atoms with E-state index < -0.39 is 4.92 Å². The largest absolute Gasteiger partial charge is 0.288 e. The number of nitrogens with zero attached hydrogens (tertiary/aromatic N) is 3. The second-order valence-corrected chi connectivity index (χ2v) is 9.84. The summed E-state index contributed by atoms with van der Waals surface area (Å²) in [6.45, 7) is 6.74. The van der Waals surface area contributed by atoms with Gasteiger partial charge >= 0.3 is 0 Å². The smallest absolute Gasteiger partial charge is 0.258 e. The molecule has 0 bridgehead atoms. The first-order valence-corrected chi connectivity index (χ1v) is 10.4. The molecular formula is C20H19Cl2N3O2S. The molecule has 0 amide bonds. The number of benzene rings is 1. The summed E-state index contributed by atoms with van der Waals surface area (Å²) in [6, 6.07) is 4.91. The van der Waals surface area contributed by atoms with Gasteiger partial charge in [-0.15, -0.1) is 11.3 Å². The van der Waals surface area contributed by atoms with Crippen molar-refractivity contribution in [3.05, 3.63) is 53.9 Å². The third-order valence-corrected chi connectivity index (χ3v) is 6.96. The third-order valence-electron chi connectivity index (χ3n) is 5.17. The van der Waals surface area contributed by atoms with Crippen LogP contribution in [0.3, 0.4) is 0 Å². The Kier molecular flexibility index (Phi) is 5.81. The number of halogens is 2. The summed E-state index contributed by atoms with van der Waals surface area (Å²) in [5, 5.41) is 21.6. The first-order valence-electron chi connectivity index (χ1n) is 8.84. The second-order valence-electron chi connectivity index (χ2n) is 7.94. The molecule has 0 saturated heterocycles. The number of rotatable bonds is 3. The number of nitro groups is 1. The Morgan fingerprint density at radius 1 is 1.36 bits per heavy atom. The number of fused-ring (bicyclic) bond motifs is 1. The zero-order valence-electron chi connectivity index (χ0n) is 15.8. The van der Waals surface area contributed by atoms with Crippen molar-refractivity contribution in [2.75, 3.05) is 0 Å². The molecule has 1 aliphatic carbocycles. The maximum absolute atomic E-state index is 11.1. The Morgan fingerprint density at radius 2 is 2.07 bits per heavy atom. The summed E-state index contributed by atoms with van der Waals surface area (Å²) in [5.41, 5.74) is 2.07. The van der Waals surface area contributed by atoms with Gasteiger partial charge in [0.1, 0.15) is 16.1 Å². The van der Waals surface area contributed by atoms with Crippen molar-refractivity contribution < 1.29 is 4.92 Å². The number of hydrogen-bond acceptors (Lipinski definition) is 5. The summed E-state index contributed by atoms with van der Waals surface area (Å²) in [5.74, 6) is 0.565. The highest BCUT2D eigenvalue weighted by atomic mass is 35.5. The van der Waals surface area contributed by atoms with E-state index in [0.29, 0.717) is 22.0 Å². The molecule has 1 aromatic carbocycles. The van der Waals surface area contributed by atoms with E-state index in [2.05, 4.69) is 31.8 Å². The van der Waals surface area contributed by atoms with E-state index in [0.717, 1.165) is 24.8 Å². The summed E-state index contributed by atoms with van der Waals surface area (Å²) >= 11 is 13.5. The van der Waals surface area contributed by atoms with Gasteiger partial charge in [0.25, 0.3) is 5.69 Å². The maximum Gasteiger partial charge on any atom is 0.288 e. The summed E-state index contributed by atoms with van der Waals surface area (Å²) in [4.78, 5) is 16.2. The minimum Gasteiger partial charge on any atom is -0.258 e. The Bertz CT molecular complexity index is 1020. The van der Waals surface area contributed by atoms with E-state index >= 15 is 0 Å². The summed E-state index contributed by atoms with van der Waals surface area (Å²) in [7, 11) is 0. The van der Waals surface area contributed by atoms with Crippen molar-refractivity contribution in [1.82, 2.24) is 0 Å². The fraction of sp³-hybridized carbons (Fsp3) is 0.400. The van der Waals surface area contributed by atoms with Gasteiger partial charge < -0.3 is 0 Å². The van der Waals surface area contributed by atoms with Crippen LogP contribution in [-0.4, -0.2) is 11.1 Å². The van der Waals surface area contributed by atoms with Gasteiger partial charge in [0.05, 0.1) is 15.5 Å². The maximum atomic E-state index is 11.1. The van der Waals surface area contributed by atoms with E-state index in [1.807, 2.05) is 0 Å². The molecule has 146 valence electrons. The highest BCUT2D eigenvalue weighted by Gasteiger charge is 2.32. The minimum absolute atomic E-state index is 0.0235. The topological polar surface area (TPSA) is 79.3 Å². The average molecular weight is 436 g/mol. The van der Waals surface area contributed by atoms with Crippen LogP contribution in [0.4, 0.5) is 10.7 Å². The molecule has 0 spiro atoms. The number of hydrogen-bond donors (Lipinski definition) is 0. The molecule has 0 unspecified atom stereocenters. The third kappa shape index (κ3) is 4.07. The second kappa shape index (κ2) is 7.82. The quantitative estimate of drug-likeness (QED) is 0.304. The Labute approximate surface area is 177 Å². The van der Waals surface area contributed by atoms with Crippen LogP contribution in [0.2, 0.25) is 10.0 Å². The van der Waals surface area contributed by atoms with Gasteiger partial charge in [-0.3, -0.25) is 10.1 Å². The molecule has 1 aliphatic rings. The molecule has 0 aliphatic heterocycles. The molecule has 1 heterocycles. The van der Waals surface area contributed by atoms with Gasteiger partial charge in [-0.1, -0.05) is 44.0 Å². The van der Waals surface area contributed by atoms with Gasteiger partial charge in [0, 0.05) is 22.7 Å². The van der Waals surface area contributed by atoms with Crippen molar-refractivity contribution in [3.8, 4) is 6.07 Å². The molecule has 1 aromatic heterocycles. The zero-order valence-corrected chi connectivity index (χ0v) is 18.1. The predicted molar refractivity (Wildman–Crippen MR) is 114 cm³/mol. The molecule has 3 rings (SSSR count). The van der Waals surface area contributed by atoms with Crippen LogP contribution in [0.5, 0.6) is 0 Å². The fourth-order valence-corrected chi connectivity index (χ4v) is 5.16. The molecule has 8 heteroatoms. The van der Waals surface area contributed by atoms with Gasteiger partial charge in [0.15, 0.2) is 0 Å². The molecule has 0 N–H and O–H groups in total. The fourth-order valence-electron chi connectivity index (χ4n) is 3.44. The summed E-state index contributed by atoms with van der Waals surface area (Å²) < 4.78 is 0. The van der Waals surface area contributed by atoms with Gasteiger partial charge in [-0.25, -0.2) is 4.99 Å². The van der Waals surface area contributed by atoms with Crippen molar-refractivity contribution in [1.29, 1.82) is 5.26 Å². The highest BCUT2D eigenvalue weighted by Crippen LogP contribution is 2.45. The van der Waals surface area contributed by atoms with E-state index in [-0.39, 0.29) is 21.1 Å². The van der Waals surface area contributed by atoms with Crippen LogP contribution in [-0.2, 0) is 12.8 Å². The molecule has 28 heavy (non-hydrogen) atoms. The number of thiophene rings is 1.